The lowest BCUT2D eigenvalue weighted by molar-refractivity contribution is 0.671. The molecule has 0 saturated heterocycles. The van der Waals surface area contributed by atoms with Gasteiger partial charge >= 0.3 is 0 Å². The summed E-state index contributed by atoms with van der Waals surface area (Å²) in [6.07, 6.45) is 0. The summed E-state index contributed by atoms with van der Waals surface area (Å²) >= 11 is 0. The second-order valence-corrected chi connectivity index (χ2v) is 7.94. The Bertz CT molecular complexity index is 1560. The molecule has 6 rings (SSSR count). The van der Waals surface area contributed by atoms with E-state index in [1.807, 2.05) is 6.07 Å². The van der Waals surface area contributed by atoms with Gasteiger partial charge in [0.1, 0.15) is 5.58 Å². The molecule has 5 aromatic carbocycles. The van der Waals surface area contributed by atoms with E-state index in [1.165, 1.54) is 21.7 Å². The van der Waals surface area contributed by atoms with Crippen molar-refractivity contribution in [1.82, 2.24) is 0 Å². The third kappa shape index (κ3) is 2.88. The van der Waals surface area contributed by atoms with E-state index < -0.39 is 0 Å². The van der Waals surface area contributed by atoms with Crippen molar-refractivity contribution >= 4 is 44.1 Å². The second kappa shape index (κ2) is 7.03. The van der Waals surface area contributed by atoms with E-state index in [9.17, 15) is 0 Å². The number of fused-ring (bicyclic) bond motifs is 5. The van der Waals surface area contributed by atoms with Crippen LogP contribution in [0.3, 0.4) is 0 Å². The van der Waals surface area contributed by atoms with Crippen molar-refractivity contribution in [3.63, 3.8) is 0 Å². The predicted molar refractivity (Wildman–Crippen MR) is 131 cm³/mol. The standard InChI is InChI=1S/C29H21NO/c1-19-10-5-8-16-25(19)30-26-17-9-15-23-27-22-14-7-6-13-21(22)18-24(29(27)31-28(23)26)20-11-3-2-4-12-20/h2-18,30H,1H3. The fraction of sp³-hybridized carbons (Fsp3) is 0.0345. The number of hydrogen-bond acceptors (Lipinski definition) is 2. The van der Waals surface area contributed by atoms with Crippen LogP contribution in [0, 0.1) is 6.92 Å². The number of nitrogens with one attached hydrogen (secondary N) is 1. The van der Waals surface area contributed by atoms with E-state index in [2.05, 4.69) is 109 Å². The molecule has 2 heteroatoms. The van der Waals surface area contributed by atoms with Crippen LogP contribution in [-0.2, 0) is 0 Å². The van der Waals surface area contributed by atoms with Crippen LogP contribution in [-0.4, -0.2) is 0 Å². The first-order valence-electron chi connectivity index (χ1n) is 10.5. The van der Waals surface area contributed by atoms with Crippen molar-refractivity contribution in [2.24, 2.45) is 0 Å². The molecule has 0 aliphatic carbocycles. The van der Waals surface area contributed by atoms with Crippen molar-refractivity contribution < 1.29 is 4.42 Å². The van der Waals surface area contributed by atoms with Gasteiger partial charge < -0.3 is 9.73 Å². The fourth-order valence-corrected chi connectivity index (χ4v) is 4.44. The molecule has 0 aliphatic heterocycles. The zero-order valence-corrected chi connectivity index (χ0v) is 17.2. The highest BCUT2D eigenvalue weighted by molar-refractivity contribution is 6.23. The smallest absolute Gasteiger partial charge is 0.158 e. The van der Waals surface area contributed by atoms with Crippen molar-refractivity contribution in [2.45, 2.75) is 6.92 Å². The van der Waals surface area contributed by atoms with Crippen LogP contribution in [0.25, 0.3) is 43.8 Å². The van der Waals surface area contributed by atoms with Crippen LogP contribution in [0.2, 0.25) is 0 Å². The SMILES string of the molecule is Cc1ccccc1Nc1cccc2c1oc1c(-c3ccccc3)cc3ccccc3c12. The van der Waals surface area contributed by atoms with Crippen LogP contribution in [0.4, 0.5) is 11.4 Å². The van der Waals surface area contributed by atoms with Gasteiger partial charge in [0.2, 0.25) is 0 Å². The molecule has 0 saturated carbocycles. The van der Waals surface area contributed by atoms with Gasteiger partial charge in [-0.25, -0.2) is 0 Å². The van der Waals surface area contributed by atoms with Crippen LogP contribution < -0.4 is 5.32 Å². The molecule has 0 aliphatic rings. The summed E-state index contributed by atoms with van der Waals surface area (Å²) < 4.78 is 6.63. The predicted octanol–water partition coefficient (Wildman–Crippen LogP) is 8.46. The van der Waals surface area contributed by atoms with Crippen LogP contribution in [0.1, 0.15) is 5.56 Å². The van der Waals surface area contributed by atoms with Crippen LogP contribution in [0.15, 0.2) is 108 Å². The molecule has 148 valence electrons. The summed E-state index contributed by atoms with van der Waals surface area (Å²) in [7, 11) is 0. The highest BCUT2D eigenvalue weighted by Gasteiger charge is 2.18. The molecule has 1 heterocycles. The summed E-state index contributed by atoms with van der Waals surface area (Å²) in [6, 6.07) is 35.9. The monoisotopic (exact) mass is 399 g/mol. The summed E-state index contributed by atoms with van der Waals surface area (Å²) in [5.41, 5.74) is 7.35. The Balaban J connectivity index is 1.69. The minimum atomic E-state index is 0.884. The van der Waals surface area contributed by atoms with Crippen molar-refractivity contribution in [3.05, 3.63) is 109 Å². The van der Waals surface area contributed by atoms with Gasteiger partial charge in [0.15, 0.2) is 5.58 Å². The number of rotatable bonds is 3. The third-order valence-corrected chi connectivity index (χ3v) is 5.99. The van der Waals surface area contributed by atoms with Gasteiger partial charge in [-0.15, -0.1) is 0 Å². The first-order valence-corrected chi connectivity index (χ1v) is 10.5. The van der Waals surface area contributed by atoms with Gasteiger partial charge in [-0.2, -0.15) is 0 Å². The van der Waals surface area contributed by atoms with Gasteiger partial charge in [-0.05, 0) is 47.0 Å². The van der Waals surface area contributed by atoms with Crippen molar-refractivity contribution in [1.29, 1.82) is 0 Å². The first-order chi connectivity index (χ1) is 15.3. The van der Waals surface area contributed by atoms with Crippen LogP contribution >= 0.6 is 0 Å². The van der Waals surface area contributed by atoms with Gasteiger partial charge in [0, 0.05) is 22.0 Å². The Morgan fingerprint density at radius 2 is 1.32 bits per heavy atom. The maximum absolute atomic E-state index is 6.63. The van der Waals surface area contributed by atoms with Gasteiger partial charge in [0.05, 0.1) is 5.69 Å². The number of hydrogen-bond donors (Lipinski definition) is 1. The zero-order valence-electron chi connectivity index (χ0n) is 17.2. The highest BCUT2D eigenvalue weighted by Crippen LogP contribution is 2.43. The molecule has 1 N–H and O–H groups in total. The van der Waals surface area contributed by atoms with Crippen LogP contribution in [0.5, 0.6) is 0 Å². The molecular formula is C29H21NO. The average Bonchev–Trinajstić information content (AvgIpc) is 3.22. The van der Waals surface area contributed by atoms with E-state index in [0.29, 0.717) is 0 Å². The number of benzene rings is 5. The first kappa shape index (κ1) is 17.8. The van der Waals surface area contributed by atoms with Crippen molar-refractivity contribution in [2.75, 3.05) is 5.32 Å². The van der Waals surface area contributed by atoms with E-state index in [4.69, 9.17) is 4.42 Å². The molecule has 2 nitrogen and oxygen atoms in total. The summed E-state index contributed by atoms with van der Waals surface area (Å²) in [6.45, 7) is 2.11. The maximum Gasteiger partial charge on any atom is 0.158 e. The Kier molecular flexibility index (Phi) is 4.03. The average molecular weight is 399 g/mol. The Labute approximate surface area is 180 Å². The molecule has 0 fully saturated rings. The van der Waals surface area contributed by atoms with Gasteiger partial charge in [-0.1, -0.05) is 84.9 Å². The topological polar surface area (TPSA) is 25.2 Å². The number of furan rings is 1. The Morgan fingerprint density at radius 3 is 2.19 bits per heavy atom. The summed E-state index contributed by atoms with van der Waals surface area (Å²) in [5, 5.41) is 8.31. The lowest BCUT2D eigenvalue weighted by atomic mass is 9.96. The van der Waals surface area contributed by atoms with E-state index in [1.54, 1.807) is 0 Å². The summed E-state index contributed by atoms with van der Waals surface area (Å²) in [5.74, 6) is 0. The molecule has 0 radical (unpaired) electrons. The second-order valence-electron chi connectivity index (χ2n) is 7.94. The Morgan fingerprint density at radius 1 is 0.613 bits per heavy atom. The quantitative estimate of drug-likeness (QED) is 0.323. The molecule has 0 atom stereocenters. The largest absolute Gasteiger partial charge is 0.453 e. The molecule has 31 heavy (non-hydrogen) atoms. The lowest BCUT2D eigenvalue weighted by Crippen LogP contribution is -1.92. The third-order valence-electron chi connectivity index (χ3n) is 5.99. The number of aryl methyl sites for hydroxylation is 1. The number of para-hydroxylation sites is 2. The van der Waals surface area contributed by atoms with E-state index >= 15 is 0 Å². The Hall–Kier alpha value is -4.04. The molecule has 0 spiro atoms. The fourth-order valence-electron chi connectivity index (χ4n) is 4.44. The maximum atomic E-state index is 6.63. The molecule has 6 aromatic rings. The van der Waals surface area contributed by atoms with Gasteiger partial charge in [-0.3, -0.25) is 0 Å². The number of anilines is 2. The zero-order chi connectivity index (χ0) is 20.8. The lowest BCUT2D eigenvalue weighted by Gasteiger charge is -2.09. The van der Waals surface area contributed by atoms with E-state index in [-0.39, 0.29) is 0 Å². The molecular weight excluding hydrogens is 378 g/mol. The van der Waals surface area contributed by atoms with Crippen molar-refractivity contribution in [3.8, 4) is 11.1 Å². The minimum Gasteiger partial charge on any atom is -0.453 e. The summed E-state index contributed by atoms with van der Waals surface area (Å²) in [4.78, 5) is 0. The van der Waals surface area contributed by atoms with E-state index in [0.717, 1.165) is 39.1 Å². The normalized spacial score (nSPS) is 11.4. The minimum absolute atomic E-state index is 0.884. The molecule has 0 bridgehead atoms. The molecule has 1 aromatic heterocycles. The molecule has 0 amide bonds. The van der Waals surface area contributed by atoms with Gasteiger partial charge in [0.25, 0.3) is 0 Å². The molecule has 0 unspecified atom stereocenters. The highest BCUT2D eigenvalue weighted by atomic mass is 16.3.